The van der Waals surface area contributed by atoms with Crippen LogP contribution in [0.15, 0.2) is 65.6 Å². The summed E-state index contributed by atoms with van der Waals surface area (Å²) in [4.78, 5) is 28.2. The summed E-state index contributed by atoms with van der Waals surface area (Å²) in [6.07, 6.45) is -0.796. The first kappa shape index (κ1) is 31.0. The van der Waals surface area contributed by atoms with Crippen LogP contribution in [0.2, 0.25) is 0 Å². The van der Waals surface area contributed by atoms with Gasteiger partial charge in [-0.05, 0) is 55.5 Å². The number of benzene rings is 3. The molecular weight excluding hydrogens is 595 g/mol. The number of aliphatic hydroxyl groups excluding tert-OH is 1. The quantitative estimate of drug-likeness (QED) is 0.342. The van der Waals surface area contributed by atoms with Crippen molar-refractivity contribution in [2.75, 3.05) is 44.2 Å². The average Bonchev–Trinajstić information content (AvgIpc) is 3.47. The lowest BCUT2D eigenvalue weighted by Crippen LogP contribution is -2.50. The molecule has 0 fully saturated rings. The van der Waals surface area contributed by atoms with Crippen LogP contribution in [0.4, 0.5) is 20.6 Å². The van der Waals surface area contributed by atoms with E-state index < -0.39 is 45.8 Å². The number of urea groups is 1. The highest BCUT2D eigenvalue weighted by atomic mass is 32.2. The van der Waals surface area contributed by atoms with Gasteiger partial charge in [0.25, 0.3) is 5.91 Å². The smallest absolute Gasteiger partial charge is 0.323 e. The Morgan fingerprint density at radius 2 is 1.84 bits per heavy atom. The molecule has 3 aromatic rings. The summed E-state index contributed by atoms with van der Waals surface area (Å²) in [6, 6.07) is 12.9. The lowest BCUT2D eigenvalue weighted by atomic mass is 9.99. The lowest BCUT2D eigenvalue weighted by Gasteiger charge is -2.38. The standard InChI is InChI=1S/C30H33FN4O8S/c1-18-14-35(19(2)16-36)29(37)23-5-4-6-24(33-30(38)32-21-9-12-25-26(13-21)42-17-41-25)28(23)43-27(18)15-34(3)44(39,40)22-10-7-20(31)8-11-22/h4-13,18-19,27,36H,14-17H2,1-3H3,(H2,32,33,38)/t18-,19+,27-/m0/s1. The number of rotatable bonds is 8. The van der Waals surface area contributed by atoms with Gasteiger partial charge < -0.3 is 34.9 Å². The molecule has 0 saturated carbocycles. The van der Waals surface area contributed by atoms with Gasteiger partial charge in [-0.25, -0.2) is 17.6 Å². The van der Waals surface area contributed by atoms with Gasteiger partial charge in [-0.3, -0.25) is 4.79 Å². The molecular formula is C30H33FN4O8S. The zero-order valence-electron chi connectivity index (χ0n) is 24.3. The molecule has 0 unspecified atom stereocenters. The molecule has 5 rings (SSSR count). The Morgan fingerprint density at radius 3 is 2.57 bits per heavy atom. The van der Waals surface area contributed by atoms with E-state index in [0.29, 0.717) is 17.2 Å². The molecule has 44 heavy (non-hydrogen) atoms. The third-order valence-corrected chi connectivity index (χ3v) is 9.37. The number of likely N-dealkylation sites (N-methyl/N-ethyl adjacent to an activating group) is 1. The van der Waals surface area contributed by atoms with E-state index in [-0.39, 0.29) is 48.4 Å². The molecule has 234 valence electrons. The molecule has 0 spiro atoms. The molecule has 0 radical (unpaired) electrons. The van der Waals surface area contributed by atoms with E-state index in [0.717, 1.165) is 16.4 Å². The van der Waals surface area contributed by atoms with Crippen LogP contribution >= 0.6 is 0 Å². The van der Waals surface area contributed by atoms with Gasteiger partial charge in [-0.2, -0.15) is 4.31 Å². The molecule has 0 aromatic heterocycles. The van der Waals surface area contributed by atoms with Gasteiger partial charge in [0.15, 0.2) is 17.2 Å². The monoisotopic (exact) mass is 628 g/mol. The van der Waals surface area contributed by atoms with Gasteiger partial charge in [0.2, 0.25) is 16.8 Å². The van der Waals surface area contributed by atoms with Gasteiger partial charge >= 0.3 is 6.03 Å². The predicted molar refractivity (Wildman–Crippen MR) is 159 cm³/mol. The van der Waals surface area contributed by atoms with Crippen LogP contribution in [0, 0.1) is 11.7 Å². The molecule has 0 aliphatic carbocycles. The molecule has 14 heteroatoms. The van der Waals surface area contributed by atoms with Crippen molar-refractivity contribution < 1.29 is 41.7 Å². The molecule has 0 saturated heterocycles. The molecule has 2 aliphatic heterocycles. The largest absolute Gasteiger partial charge is 0.486 e. The highest BCUT2D eigenvalue weighted by molar-refractivity contribution is 7.89. The maximum atomic E-state index is 13.7. The molecule has 2 aliphatic rings. The zero-order chi connectivity index (χ0) is 31.6. The van der Waals surface area contributed by atoms with Crippen LogP contribution in [-0.2, 0) is 10.0 Å². The summed E-state index contributed by atoms with van der Waals surface area (Å²) in [7, 11) is -2.64. The van der Waals surface area contributed by atoms with Gasteiger partial charge in [-0.15, -0.1) is 0 Å². The Balaban J connectivity index is 1.45. The number of halogens is 1. The van der Waals surface area contributed by atoms with Gasteiger partial charge in [0.05, 0.1) is 35.3 Å². The van der Waals surface area contributed by atoms with Crippen LogP contribution in [-0.4, -0.2) is 80.4 Å². The number of amides is 3. The molecule has 3 amide bonds. The van der Waals surface area contributed by atoms with Crippen LogP contribution in [0.5, 0.6) is 17.2 Å². The molecule has 0 bridgehead atoms. The van der Waals surface area contributed by atoms with E-state index in [4.69, 9.17) is 14.2 Å². The average molecular weight is 629 g/mol. The lowest BCUT2D eigenvalue weighted by molar-refractivity contribution is 0.0389. The van der Waals surface area contributed by atoms with Gasteiger partial charge in [0, 0.05) is 31.3 Å². The first-order chi connectivity index (χ1) is 21.0. The van der Waals surface area contributed by atoms with Crippen molar-refractivity contribution in [2.24, 2.45) is 5.92 Å². The number of carbonyl (C=O) groups is 2. The fourth-order valence-electron chi connectivity index (χ4n) is 4.96. The Kier molecular flexibility index (Phi) is 8.95. The zero-order valence-corrected chi connectivity index (χ0v) is 25.1. The highest BCUT2D eigenvalue weighted by Crippen LogP contribution is 2.36. The second-order valence-electron chi connectivity index (χ2n) is 10.7. The normalized spacial score (nSPS) is 18.6. The number of sulfonamides is 1. The number of carbonyl (C=O) groups excluding carboxylic acids is 2. The summed E-state index contributed by atoms with van der Waals surface area (Å²) < 4.78 is 58.3. The van der Waals surface area contributed by atoms with Crippen molar-refractivity contribution in [3.63, 3.8) is 0 Å². The predicted octanol–water partition coefficient (Wildman–Crippen LogP) is 3.74. The second kappa shape index (κ2) is 12.7. The van der Waals surface area contributed by atoms with E-state index in [1.165, 1.54) is 24.1 Å². The number of hydrogen-bond acceptors (Lipinski definition) is 8. The minimum Gasteiger partial charge on any atom is -0.486 e. The van der Waals surface area contributed by atoms with Gasteiger partial charge in [-0.1, -0.05) is 13.0 Å². The Morgan fingerprint density at radius 1 is 1.11 bits per heavy atom. The van der Waals surface area contributed by atoms with Crippen molar-refractivity contribution in [1.82, 2.24) is 9.21 Å². The Bertz CT molecular complexity index is 1650. The van der Waals surface area contributed by atoms with Crippen molar-refractivity contribution in [1.29, 1.82) is 0 Å². The number of para-hydroxylation sites is 1. The van der Waals surface area contributed by atoms with Crippen LogP contribution in [0.3, 0.4) is 0 Å². The first-order valence-corrected chi connectivity index (χ1v) is 15.3. The SMILES string of the molecule is C[C@H](CO)N1C[C@H](C)[C@H](CN(C)S(=O)(=O)c2ccc(F)cc2)Oc2c(NC(=O)Nc3ccc4c(c3)OCO4)cccc2C1=O. The molecule has 3 aromatic carbocycles. The fourth-order valence-corrected chi connectivity index (χ4v) is 6.14. The van der Waals surface area contributed by atoms with Crippen LogP contribution in [0.25, 0.3) is 0 Å². The van der Waals surface area contributed by atoms with E-state index in [1.807, 2.05) is 0 Å². The summed E-state index contributed by atoms with van der Waals surface area (Å²) in [5.41, 5.74) is 0.741. The summed E-state index contributed by atoms with van der Waals surface area (Å²) >= 11 is 0. The summed E-state index contributed by atoms with van der Waals surface area (Å²) in [5.74, 6) is -0.304. The maximum absolute atomic E-state index is 13.7. The number of fused-ring (bicyclic) bond motifs is 2. The van der Waals surface area contributed by atoms with Crippen molar-refractivity contribution >= 4 is 33.3 Å². The topological polar surface area (TPSA) is 147 Å². The third-order valence-electron chi connectivity index (χ3n) is 7.53. The fraction of sp³-hybridized carbons (Fsp3) is 0.333. The molecule has 12 nitrogen and oxygen atoms in total. The Hall–Kier alpha value is -4.40. The minimum atomic E-state index is -4.02. The van der Waals surface area contributed by atoms with Crippen molar-refractivity contribution in [3.8, 4) is 17.2 Å². The Labute approximate surface area is 254 Å². The maximum Gasteiger partial charge on any atom is 0.323 e. The minimum absolute atomic E-state index is 0.0533. The first-order valence-electron chi connectivity index (χ1n) is 13.9. The molecule has 2 heterocycles. The molecule has 3 atom stereocenters. The number of hydrogen-bond donors (Lipinski definition) is 3. The number of ether oxygens (including phenoxy) is 3. The number of nitrogens with one attached hydrogen (secondary N) is 2. The summed E-state index contributed by atoms with van der Waals surface area (Å²) in [5, 5.41) is 15.4. The number of anilines is 2. The van der Waals surface area contributed by atoms with E-state index in [9.17, 15) is 27.5 Å². The van der Waals surface area contributed by atoms with E-state index >= 15 is 0 Å². The van der Waals surface area contributed by atoms with Crippen LogP contribution < -0.4 is 24.8 Å². The third kappa shape index (κ3) is 6.42. The number of nitrogens with zero attached hydrogens (tertiary/aromatic N) is 2. The number of aliphatic hydroxyl groups is 1. The van der Waals surface area contributed by atoms with Crippen LogP contribution in [0.1, 0.15) is 24.2 Å². The van der Waals surface area contributed by atoms with Crippen molar-refractivity contribution in [2.45, 2.75) is 30.9 Å². The van der Waals surface area contributed by atoms with E-state index in [1.54, 1.807) is 50.2 Å². The second-order valence-corrected chi connectivity index (χ2v) is 12.7. The molecule has 3 N–H and O–H groups in total. The van der Waals surface area contributed by atoms with Crippen molar-refractivity contribution in [3.05, 3.63) is 72.0 Å². The highest BCUT2D eigenvalue weighted by Gasteiger charge is 2.36. The van der Waals surface area contributed by atoms with E-state index in [2.05, 4.69) is 10.6 Å². The van der Waals surface area contributed by atoms with Gasteiger partial charge in [0.1, 0.15) is 11.9 Å². The summed E-state index contributed by atoms with van der Waals surface area (Å²) in [6.45, 7) is 3.33.